The van der Waals surface area contributed by atoms with Gasteiger partial charge in [0, 0.05) is 25.5 Å². The van der Waals surface area contributed by atoms with Gasteiger partial charge in [-0.1, -0.05) is 12.1 Å². The molecule has 0 bridgehead atoms. The van der Waals surface area contributed by atoms with Gasteiger partial charge in [-0.3, -0.25) is 9.59 Å². The molecule has 32 heavy (non-hydrogen) atoms. The molecule has 0 saturated heterocycles. The lowest BCUT2D eigenvalue weighted by Crippen LogP contribution is -2.32. The normalized spacial score (nSPS) is 13.6. The van der Waals surface area contributed by atoms with Gasteiger partial charge in [-0.05, 0) is 66.2 Å². The molecule has 7 heteroatoms. The second kappa shape index (κ2) is 8.55. The summed E-state index contributed by atoms with van der Waals surface area (Å²) in [6, 6.07) is 19.7. The first-order chi connectivity index (χ1) is 15.4. The summed E-state index contributed by atoms with van der Waals surface area (Å²) in [5.74, 6) is -0.684. The Hall–Kier alpha value is -4.13. The van der Waals surface area contributed by atoms with Crippen molar-refractivity contribution in [2.24, 2.45) is 0 Å². The van der Waals surface area contributed by atoms with Gasteiger partial charge >= 0.3 is 0 Å². The predicted molar refractivity (Wildman–Crippen MR) is 123 cm³/mol. The minimum atomic E-state index is -0.484. The maximum absolute atomic E-state index is 13.5. The number of ether oxygens (including phenoxy) is 1. The molecule has 0 aliphatic carbocycles. The highest BCUT2D eigenvalue weighted by molar-refractivity contribution is 6.46. The van der Waals surface area contributed by atoms with E-state index >= 15 is 0 Å². The van der Waals surface area contributed by atoms with Gasteiger partial charge in [0.2, 0.25) is 0 Å². The molecule has 1 N–H and O–H groups in total. The maximum Gasteiger partial charge on any atom is 0.282 e. The number of halogens is 1. The van der Waals surface area contributed by atoms with Crippen molar-refractivity contribution in [3.8, 4) is 5.75 Å². The zero-order chi connectivity index (χ0) is 22.8. The Bertz CT molecular complexity index is 1180. The molecule has 3 aromatic rings. The van der Waals surface area contributed by atoms with Gasteiger partial charge in [0.15, 0.2) is 0 Å². The van der Waals surface area contributed by atoms with E-state index in [2.05, 4.69) is 5.32 Å². The summed E-state index contributed by atoms with van der Waals surface area (Å²) in [6.07, 6.45) is 0. The first-order valence-corrected chi connectivity index (χ1v) is 9.96. The number of benzene rings is 3. The molecule has 1 heterocycles. The number of imide groups is 1. The number of carbonyl (C=O) groups is 2. The highest BCUT2D eigenvalue weighted by Gasteiger charge is 2.40. The number of amides is 2. The molecular weight excluding hydrogens is 409 g/mol. The molecule has 3 aromatic carbocycles. The van der Waals surface area contributed by atoms with Crippen molar-refractivity contribution < 1.29 is 18.7 Å². The van der Waals surface area contributed by atoms with Crippen LogP contribution in [0.2, 0.25) is 0 Å². The van der Waals surface area contributed by atoms with Crippen LogP contribution < -0.4 is 19.9 Å². The molecule has 1 aliphatic rings. The van der Waals surface area contributed by atoms with E-state index in [9.17, 15) is 14.0 Å². The van der Waals surface area contributed by atoms with Crippen LogP contribution in [0.4, 0.5) is 21.5 Å². The smallest absolute Gasteiger partial charge is 0.282 e. The van der Waals surface area contributed by atoms with Crippen LogP contribution >= 0.6 is 0 Å². The molecule has 0 radical (unpaired) electrons. The first-order valence-electron chi connectivity index (χ1n) is 9.96. The zero-order valence-electron chi connectivity index (χ0n) is 17.9. The lowest BCUT2D eigenvalue weighted by Gasteiger charge is -2.18. The minimum absolute atomic E-state index is 0.128. The van der Waals surface area contributed by atoms with Crippen molar-refractivity contribution in [1.82, 2.24) is 0 Å². The molecule has 0 fully saturated rings. The van der Waals surface area contributed by atoms with Crippen molar-refractivity contribution in [3.05, 3.63) is 89.9 Å². The SMILES string of the molecule is COc1ccc(C2=C(Nc3ccc(F)cc3)C(=O)N(c3ccc(N(C)C)cc3)C2=O)cc1. The standard InChI is InChI=1S/C25H22FN3O3/c1-28(2)19-10-12-20(13-11-19)29-24(30)22(16-4-14-21(32-3)15-5-16)23(25(29)31)27-18-8-6-17(26)7-9-18/h4-15,27H,1-3H3. The number of nitrogens with one attached hydrogen (secondary N) is 1. The van der Waals surface area contributed by atoms with Crippen molar-refractivity contribution in [3.63, 3.8) is 0 Å². The summed E-state index contributed by atoms with van der Waals surface area (Å²) >= 11 is 0. The van der Waals surface area contributed by atoms with Gasteiger partial charge < -0.3 is 15.0 Å². The van der Waals surface area contributed by atoms with Gasteiger partial charge in [0.1, 0.15) is 17.3 Å². The second-order valence-electron chi connectivity index (χ2n) is 7.47. The van der Waals surface area contributed by atoms with Crippen LogP contribution in [0.25, 0.3) is 5.57 Å². The molecular formula is C25H22FN3O3. The van der Waals surface area contributed by atoms with Crippen molar-refractivity contribution in [1.29, 1.82) is 0 Å². The quantitative estimate of drug-likeness (QED) is 0.590. The van der Waals surface area contributed by atoms with E-state index < -0.39 is 17.6 Å². The number of hydrogen-bond donors (Lipinski definition) is 1. The van der Waals surface area contributed by atoms with E-state index in [0.29, 0.717) is 22.7 Å². The highest BCUT2D eigenvalue weighted by atomic mass is 19.1. The van der Waals surface area contributed by atoms with Crippen LogP contribution in [0.3, 0.4) is 0 Å². The van der Waals surface area contributed by atoms with Crippen molar-refractivity contribution >= 4 is 34.4 Å². The minimum Gasteiger partial charge on any atom is -0.497 e. The average Bonchev–Trinajstić information content (AvgIpc) is 3.04. The molecule has 4 rings (SSSR count). The molecule has 162 valence electrons. The highest BCUT2D eigenvalue weighted by Crippen LogP contribution is 2.35. The zero-order valence-corrected chi connectivity index (χ0v) is 17.9. The van der Waals surface area contributed by atoms with Gasteiger partial charge in [0.25, 0.3) is 11.8 Å². The molecule has 0 saturated carbocycles. The fourth-order valence-electron chi connectivity index (χ4n) is 3.48. The fraction of sp³-hybridized carbons (Fsp3) is 0.120. The van der Waals surface area contributed by atoms with Gasteiger partial charge in [-0.25, -0.2) is 9.29 Å². The predicted octanol–water partition coefficient (Wildman–Crippen LogP) is 4.30. The van der Waals surface area contributed by atoms with E-state index in [0.717, 1.165) is 10.6 Å². The van der Waals surface area contributed by atoms with Gasteiger partial charge in [-0.2, -0.15) is 0 Å². The van der Waals surface area contributed by atoms with E-state index in [1.165, 1.54) is 24.3 Å². The average molecular weight is 431 g/mol. The number of methoxy groups -OCH3 is 1. The van der Waals surface area contributed by atoms with E-state index in [4.69, 9.17) is 4.74 Å². The Morgan fingerprint density at radius 1 is 0.844 bits per heavy atom. The summed E-state index contributed by atoms with van der Waals surface area (Å²) in [4.78, 5) is 29.9. The van der Waals surface area contributed by atoms with Crippen LogP contribution in [0.15, 0.2) is 78.5 Å². The molecule has 2 amide bonds. The number of hydrogen-bond acceptors (Lipinski definition) is 5. The fourth-order valence-corrected chi connectivity index (χ4v) is 3.48. The molecule has 1 aliphatic heterocycles. The molecule has 0 spiro atoms. The summed E-state index contributed by atoms with van der Waals surface area (Å²) in [7, 11) is 5.38. The summed E-state index contributed by atoms with van der Waals surface area (Å²) in [6.45, 7) is 0. The van der Waals surface area contributed by atoms with Gasteiger partial charge in [-0.15, -0.1) is 0 Å². The lowest BCUT2D eigenvalue weighted by atomic mass is 10.0. The Balaban J connectivity index is 1.77. The lowest BCUT2D eigenvalue weighted by molar-refractivity contribution is -0.120. The third-order valence-corrected chi connectivity index (χ3v) is 5.20. The van der Waals surface area contributed by atoms with E-state index in [1.807, 2.05) is 31.1 Å². The Morgan fingerprint density at radius 2 is 1.47 bits per heavy atom. The van der Waals surface area contributed by atoms with Crippen LogP contribution in [0.5, 0.6) is 5.75 Å². The number of nitrogens with zero attached hydrogens (tertiary/aromatic N) is 2. The van der Waals surface area contributed by atoms with E-state index in [-0.39, 0.29) is 11.3 Å². The van der Waals surface area contributed by atoms with Crippen LogP contribution in [0.1, 0.15) is 5.56 Å². The number of rotatable bonds is 6. The summed E-state index contributed by atoms with van der Waals surface area (Å²) in [5, 5.41) is 3.02. The Labute approximate surface area is 185 Å². The third kappa shape index (κ3) is 3.92. The topological polar surface area (TPSA) is 61.9 Å². The summed E-state index contributed by atoms with van der Waals surface area (Å²) < 4.78 is 18.5. The number of anilines is 3. The molecule has 0 aromatic heterocycles. The molecule has 0 atom stereocenters. The van der Waals surface area contributed by atoms with Crippen molar-refractivity contribution in [2.45, 2.75) is 0 Å². The summed E-state index contributed by atoms with van der Waals surface area (Å²) in [5.41, 5.74) is 2.84. The largest absolute Gasteiger partial charge is 0.497 e. The third-order valence-electron chi connectivity index (χ3n) is 5.20. The van der Waals surface area contributed by atoms with Gasteiger partial charge in [0.05, 0.1) is 18.4 Å². The second-order valence-corrected chi connectivity index (χ2v) is 7.47. The van der Waals surface area contributed by atoms with Crippen LogP contribution in [0, 0.1) is 5.82 Å². The number of carbonyl (C=O) groups excluding carboxylic acids is 2. The molecule has 6 nitrogen and oxygen atoms in total. The maximum atomic E-state index is 13.5. The van der Waals surface area contributed by atoms with Crippen LogP contribution in [-0.4, -0.2) is 33.0 Å². The Kier molecular flexibility index (Phi) is 5.64. The monoisotopic (exact) mass is 431 g/mol. The van der Waals surface area contributed by atoms with Crippen LogP contribution in [-0.2, 0) is 9.59 Å². The molecule has 0 unspecified atom stereocenters. The van der Waals surface area contributed by atoms with Crippen molar-refractivity contribution in [2.75, 3.05) is 36.3 Å². The first kappa shape index (κ1) is 21.1. The Morgan fingerprint density at radius 3 is 2.03 bits per heavy atom. The van der Waals surface area contributed by atoms with E-state index in [1.54, 1.807) is 43.5 Å².